The molecule has 3 rings (SSSR count). The molecule has 1 N–H and O–H groups in total. The number of ketones is 1. The number of hydrogen-bond donors (Lipinski definition) is 1. The Morgan fingerprint density at radius 1 is 1.26 bits per heavy atom. The van der Waals surface area contributed by atoms with Gasteiger partial charge in [0.1, 0.15) is 5.76 Å². The molecule has 0 saturated heterocycles. The summed E-state index contributed by atoms with van der Waals surface area (Å²) in [6.45, 7) is 2.55. The molecule has 1 aliphatic rings. The summed E-state index contributed by atoms with van der Waals surface area (Å²) in [6.07, 6.45) is 0.587. The van der Waals surface area contributed by atoms with Gasteiger partial charge in [0, 0.05) is 24.7 Å². The van der Waals surface area contributed by atoms with E-state index in [2.05, 4.69) is 15.9 Å². The fourth-order valence-electron chi connectivity index (χ4n) is 3.18. The first-order valence-corrected chi connectivity index (χ1v) is 9.33. The molecule has 0 fully saturated rings. The lowest BCUT2D eigenvalue weighted by Gasteiger charge is -2.26. The maximum absolute atomic E-state index is 13.0. The van der Waals surface area contributed by atoms with E-state index in [4.69, 9.17) is 9.15 Å². The fraction of sp³-hybridized carbons (Fsp3) is 0.300. The van der Waals surface area contributed by atoms with Crippen LogP contribution in [-0.2, 0) is 9.53 Å². The number of Topliss-reactive ketones (excluding diaryl/α,β-unsaturated/α-hetero) is 1. The molecule has 0 aliphatic carbocycles. The number of rotatable bonds is 7. The molecule has 0 saturated carbocycles. The van der Waals surface area contributed by atoms with Gasteiger partial charge in [0.15, 0.2) is 11.5 Å². The van der Waals surface area contributed by atoms with Crippen LogP contribution in [0, 0.1) is 6.92 Å². The van der Waals surface area contributed by atoms with Crippen molar-refractivity contribution in [1.29, 1.82) is 0 Å². The van der Waals surface area contributed by atoms with E-state index in [9.17, 15) is 14.7 Å². The van der Waals surface area contributed by atoms with E-state index in [1.165, 1.54) is 4.90 Å². The van der Waals surface area contributed by atoms with E-state index in [0.717, 1.165) is 10.0 Å². The fourth-order valence-corrected chi connectivity index (χ4v) is 3.44. The number of carbonyl (C=O) groups excluding carboxylic acids is 2. The molecule has 142 valence electrons. The van der Waals surface area contributed by atoms with Gasteiger partial charge < -0.3 is 19.2 Å². The summed E-state index contributed by atoms with van der Waals surface area (Å²) >= 11 is 3.39. The number of aryl methyl sites for hydroxylation is 1. The zero-order valence-electron chi connectivity index (χ0n) is 15.1. The standard InChI is InChI=1S/C20H20BrNO5/c1-12-4-9-15(27-12)18(23)16-17(13-5-7-14(21)8-6-13)22(10-3-11-26-2)20(25)19(16)24/h4-9,17,24H,3,10-11H2,1-2H3/t17-/m0/s1. The van der Waals surface area contributed by atoms with Crippen molar-refractivity contribution in [3.05, 3.63) is 69.3 Å². The SMILES string of the molecule is COCCCN1C(=O)C(O)=C(C(=O)c2ccc(C)o2)[C@@H]1c1ccc(Br)cc1. The molecule has 2 aromatic rings. The van der Waals surface area contributed by atoms with Crippen molar-refractivity contribution in [2.45, 2.75) is 19.4 Å². The van der Waals surface area contributed by atoms with E-state index in [1.807, 2.05) is 24.3 Å². The van der Waals surface area contributed by atoms with Gasteiger partial charge in [-0.15, -0.1) is 0 Å². The number of nitrogens with zero attached hydrogens (tertiary/aromatic N) is 1. The van der Waals surface area contributed by atoms with E-state index < -0.39 is 23.5 Å². The number of amides is 1. The summed E-state index contributed by atoms with van der Waals surface area (Å²) in [5, 5.41) is 10.5. The number of halogens is 1. The highest BCUT2D eigenvalue weighted by molar-refractivity contribution is 9.10. The molecule has 27 heavy (non-hydrogen) atoms. The highest BCUT2D eigenvalue weighted by atomic mass is 79.9. The zero-order valence-corrected chi connectivity index (χ0v) is 16.7. The number of aliphatic hydroxyl groups excluding tert-OH is 1. The lowest BCUT2D eigenvalue weighted by molar-refractivity contribution is -0.129. The Kier molecular flexibility index (Phi) is 5.82. The second-order valence-corrected chi connectivity index (χ2v) is 7.22. The number of aliphatic hydroxyl groups is 1. The monoisotopic (exact) mass is 433 g/mol. The third-order valence-electron chi connectivity index (χ3n) is 4.45. The second kappa shape index (κ2) is 8.10. The Morgan fingerprint density at radius 2 is 1.96 bits per heavy atom. The van der Waals surface area contributed by atoms with Crippen LogP contribution in [0.3, 0.4) is 0 Å². The summed E-state index contributed by atoms with van der Waals surface area (Å²) in [5.41, 5.74) is 0.772. The smallest absolute Gasteiger partial charge is 0.290 e. The first-order chi connectivity index (χ1) is 12.9. The Bertz CT molecular complexity index is 884. The number of ether oxygens (including phenoxy) is 1. The van der Waals surface area contributed by atoms with Gasteiger partial charge in [-0.05, 0) is 43.2 Å². The van der Waals surface area contributed by atoms with Crippen LogP contribution in [0.15, 0.2) is 56.6 Å². The van der Waals surface area contributed by atoms with E-state index in [0.29, 0.717) is 25.3 Å². The molecular formula is C20H20BrNO5. The van der Waals surface area contributed by atoms with Gasteiger partial charge in [0.25, 0.3) is 5.91 Å². The van der Waals surface area contributed by atoms with Crippen molar-refractivity contribution >= 4 is 27.6 Å². The van der Waals surface area contributed by atoms with Gasteiger partial charge in [-0.3, -0.25) is 9.59 Å². The molecule has 1 aliphatic heterocycles. The molecule has 1 aromatic heterocycles. The van der Waals surface area contributed by atoms with E-state index >= 15 is 0 Å². The average molecular weight is 434 g/mol. The Morgan fingerprint density at radius 3 is 2.56 bits per heavy atom. The number of carbonyl (C=O) groups is 2. The van der Waals surface area contributed by atoms with E-state index in [1.54, 1.807) is 26.2 Å². The lowest BCUT2D eigenvalue weighted by atomic mass is 9.95. The first-order valence-electron chi connectivity index (χ1n) is 8.53. The Balaban J connectivity index is 2.03. The van der Waals surface area contributed by atoms with Gasteiger partial charge >= 0.3 is 0 Å². The van der Waals surface area contributed by atoms with Crippen molar-refractivity contribution in [2.75, 3.05) is 20.3 Å². The Labute approximate surface area is 165 Å². The minimum Gasteiger partial charge on any atom is -0.503 e. The van der Waals surface area contributed by atoms with Crippen molar-refractivity contribution in [3.63, 3.8) is 0 Å². The largest absolute Gasteiger partial charge is 0.503 e. The van der Waals surface area contributed by atoms with Crippen molar-refractivity contribution in [1.82, 2.24) is 4.90 Å². The highest BCUT2D eigenvalue weighted by Gasteiger charge is 2.44. The Hall–Kier alpha value is -2.38. The molecular weight excluding hydrogens is 414 g/mol. The molecule has 2 heterocycles. The maximum Gasteiger partial charge on any atom is 0.290 e. The molecule has 1 atom stereocenters. The summed E-state index contributed by atoms with van der Waals surface area (Å²) in [6, 6.07) is 9.86. The van der Waals surface area contributed by atoms with Gasteiger partial charge in [-0.2, -0.15) is 0 Å². The van der Waals surface area contributed by atoms with Crippen LogP contribution in [0.5, 0.6) is 0 Å². The molecule has 0 bridgehead atoms. The number of furan rings is 1. The molecule has 1 aromatic carbocycles. The summed E-state index contributed by atoms with van der Waals surface area (Å²) in [4.78, 5) is 27.2. The second-order valence-electron chi connectivity index (χ2n) is 6.30. The van der Waals surface area contributed by atoms with Crippen molar-refractivity contribution in [2.24, 2.45) is 0 Å². The predicted molar refractivity (Wildman–Crippen MR) is 103 cm³/mol. The zero-order chi connectivity index (χ0) is 19.6. The highest BCUT2D eigenvalue weighted by Crippen LogP contribution is 2.39. The number of methoxy groups -OCH3 is 1. The van der Waals surface area contributed by atoms with E-state index in [-0.39, 0.29) is 11.3 Å². The molecule has 7 heteroatoms. The minimum absolute atomic E-state index is 0.0362. The van der Waals surface area contributed by atoms with Crippen molar-refractivity contribution < 1.29 is 23.8 Å². The normalized spacial score (nSPS) is 17.1. The van der Waals surface area contributed by atoms with Crippen LogP contribution in [0.1, 0.15) is 34.3 Å². The third-order valence-corrected chi connectivity index (χ3v) is 4.97. The van der Waals surface area contributed by atoms with Crippen LogP contribution < -0.4 is 0 Å². The minimum atomic E-state index is -0.680. The average Bonchev–Trinajstić information content (AvgIpc) is 3.19. The molecule has 0 unspecified atom stereocenters. The molecule has 1 amide bonds. The van der Waals surface area contributed by atoms with Gasteiger partial charge in [0.2, 0.25) is 5.78 Å². The maximum atomic E-state index is 13.0. The summed E-state index contributed by atoms with van der Waals surface area (Å²) in [5.74, 6) is -0.899. The topological polar surface area (TPSA) is 80.0 Å². The first kappa shape index (κ1) is 19.4. The quantitative estimate of drug-likeness (QED) is 0.527. The summed E-state index contributed by atoms with van der Waals surface area (Å²) < 4.78 is 11.4. The van der Waals surface area contributed by atoms with Gasteiger partial charge in [-0.1, -0.05) is 28.1 Å². The van der Waals surface area contributed by atoms with Crippen LogP contribution in [0.25, 0.3) is 0 Å². The molecule has 0 radical (unpaired) electrons. The van der Waals surface area contributed by atoms with Crippen LogP contribution >= 0.6 is 15.9 Å². The van der Waals surface area contributed by atoms with Crippen LogP contribution in [-0.4, -0.2) is 42.0 Å². The molecule has 0 spiro atoms. The van der Waals surface area contributed by atoms with Crippen molar-refractivity contribution in [3.8, 4) is 0 Å². The number of hydrogen-bond acceptors (Lipinski definition) is 5. The van der Waals surface area contributed by atoms with Crippen LogP contribution in [0.4, 0.5) is 0 Å². The lowest BCUT2D eigenvalue weighted by Crippen LogP contribution is -2.32. The van der Waals surface area contributed by atoms with Crippen LogP contribution in [0.2, 0.25) is 0 Å². The predicted octanol–water partition coefficient (Wildman–Crippen LogP) is 3.97. The number of benzene rings is 1. The van der Waals surface area contributed by atoms with Gasteiger partial charge in [-0.25, -0.2) is 0 Å². The molecule has 6 nitrogen and oxygen atoms in total. The third kappa shape index (κ3) is 3.84. The summed E-state index contributed by atoms with van der Waals surface area (Å²) in [7, 11) is 1.59. The van der Waals surface area contributed by atoms with Gasteiger partial charge in [0.05, 0.1) is 11.6 Å².